The third-order valence-electron chi connectivity index (χ3n) is 3.13. The van der Waals surface area contributed by atoms with E-state index in [2.05, 4.69) is 0 Å². The highest BCUT2D eigenvalue weighted by atomic mass is 16.5. The van der Waals surface area contributed by atoms with Gasteiger partial charge in [-0.15, -0.1) is 0 Å². The predicted molar refractivity (Wildman–Crippen MR) is 73.7 cm³/mol. The maximum Gasteiger partial charge on any atom is 0.330 e. The van der Waals surface area contributed by atoms with Crippen LogP contribution in [0.2, 0.25) is 0 Å². The van der Waals surface area contributed by atoms with Crippen LogP contribution in [0, 0.1) is 20.8 Å². The number of esters is 1. The molecule has 0 heterocycles. The molecule has 0 saturated heterocycles. The quantitative estimate of drug-likeness (QED) is 0.625. The first-order valence-corrected chi connectivity index (χ1v) is 6.16. The van der Waals surface area contributed by atoms with Crippen LogP contribution < -0.4 is 0 Å². The van der Waals surface area contributed by atoms with Crippen molar-refractivity contribution in [3.63, 3.8) is 0 Å². The Morgan fingerprint density at radius 3 is 2.63 bits per heavy atom. The van der Waals surface area contributed by atoms with E-state index in [-0.39, 0.29) is 6.61 Å². The minimum Gasteiger partial charge on any atom is -0.460 e. The van der Waals surface area contributed by atoms with E-state index in [0.29, 0.717) is 0 Å². The lowest BCUT2D eigenvalue weighted by molar-refractivity contribution is -0.141. The summed E-state index contributed by atoms with van der Waals surface area (Å²) in [6, 6.07) is 3.95. The fraction of sp³-hybridized carbons (Fsp3) is 0.400. The Hall–Kier alpha value is -1.65. The molecule has 4 heteroatoms. The molecule has 1 unspecified atom stereocenters. The Morgan fingerprint density at radius 2 is 2.00 bits per heavy atom. The Morgan fingerprint density at radius 1 is 1.32 bits per heavy atom. The molecular formula is C15H20O4. The largest absolute Gasteiger partial charge is 0.460 e. The molecule has 19 heavy (non-hydrogen) atoms. The summed E-state index contributed by atoms with van der Waals surface area (Å²) in [5, 5.41) is 17.6. The molecule has 0 saturated carbocycles. The number of carbonyl (C=O) groups is 1. The van der Waals surface area contributed by atoms with Crippen molar-refractivity contribution >= 4 is 12.0 Å². The average Bonchev–Trinajstić information content (AvgIpc) is 2.41. The molecule has 1 rings (SSSR count). The van der Waals surface area contributed by atoms with Gasteiger partial charge >= 0.3 is 5.97 Å². The fourth-order valence-corrected chi connectivity index (χ4v) is 1.59. The molecule has 0 aliphatic carbocycles. The van der Waals surface area contributed by atoms with Crippen molar-refractivity contribution in [3.8, 4) is 0 Å². The highest BCUT2D eigenvalue weighted by molar-refractivity contribution is 5.87. The second kappa shape index (κ2) is 7.07. The van der Waals surface area contributed by atoms with Gasteiger partial charge in [0, 0.05) is 6.08 Å². The highest BCUT2D eigenvalue weighted by Gasteiger charge is 2.05. The van der Waals surface area contributed by atoms with Crippen molar-refractivity contribution in [1.29, 1.82) is 0 Å². The van der Waals surface area contributed by atoms with Crippen molar-refractivity contribution in [2.75, 3.05) is 13.2 Å². The van der Waals surface area contributed by atoms with E-state index in [4.69, 9.17) is 14.9 Å². The van der Waals surface area contributed by atoms with E-state index < -0.39 is 18.7 Å². The van der Waals surface area contributed by atoms with Crippen molar-refractivity contribution < 1.29 is 19.7 Å². The van der Waals surface area contributed by atoms with Crippen LogP contribution in [0.25, 0.3) is 6.08 Å². The second-order valence-corrected chi connectivity index (χ2v) is 4.52. The molecule has 0 radical (unpaired) electrons. The smallest absolute Gasteiger partial charge is 0.330 e. The van der Waals surface area contributed by atoms with Gasteiger partial charge in [0.05, 0.1) is 6.61 Å². The first kappa shape index (κ1) is 15.4. The zero-order chi connectivity index (χ0) is 14.4. The van der Waals surface area contributed by atoms with Crippen molar-refractivity contribution in [3.05, 3.63) is 40.5 Å². The number of carbonyl (C=O) groups excluding carboxylic acids is 1. The lowest BCUT2D eigenvalue weighted by atomic mass is 9.99. The molecule has 1 atom stereocenters. The molecular weight excluding hydrogens is 244 g/mol. The van der Waals surface area contributed by atoms with Gasteiger partial charge in [0.25, 0.3) is 0 Å². The van der Waals surface area contributed by atoms with Crippen LogP contribution in [0.5, 0.6) is 0 Å². The van der Waals surface area contributed by atoms with Crippen molar-refractivity contribution in [2.45, 2.75) is 26.9 Å². The van der Waals surface area contributed by atoms with Gasteiger partial charge < -0.3 is 14.9 Å². The van der Waals surface area contributed by atoms with E-state index in [1.165, 1.54) is 17.2 Å². The molecule has 0 amide bonds. The number of hydrogen-bond donors (Lipinski definition) is 2. The van der Waals surface area contributed by atoms with Gasteiger partial charge in [-0.25, -0.2) is 4.79 Å². The molecule has 4 nitrogen and oxygen atoms in total. The van der Waals surface area contributed by atoms with E-state index >= 15 is 0 Å². The van der Waals surface area contributed by atoms with Crippen molar-refractivity contribution in [2.24, 2.45) is 0 Å². The maximum absolute atomic E-state index is 11.4. The van der Waals surface area contributed by atoms with Crippen LogP contribution >= 0.6 is 0 Å². The molecule has 1 aromatic carbocycles. The van der Waals surface area contributed by atoms with Gasteiger partial charge in [0.15, 0.2) is 0 Å². The van der Waals surface area contributed by atoms with E-state index in [0.717, 1.165) is 11.1 Å². The maximum atomic E-state index is 11.4. The van der Waals surface area contributed by atoms with Gasteiger partial charge in [-0.05, 0) is 49.1 Å². The van der Waals surface area contributed by atoms with Crippen LogP contribution in [-0.2, 0) is 9.53 Å². The third kappa shape index (κ3) is 4.50. The minimum absolute atomic E-state index is 0.203. The standard InChI is InChI=1S/C15H20O4/c1-10-4-5-13(12(3)11(10)2)6-7-15(18)19-9-14(17)8-16/h4-7,14,16-17H,8-9H2,1-3H3. The third-order valence-corrected chi connectivity index (χ3v) is 3.13. The number of rotatable bonds is 5. The molecule has 0 spiro atoms. The van der Waals surface area contributed by atoms with Crippen LogP contribution in [0.1, 0.15) is 22.3 Å². The molecule has 2 N–H and O–H groups in total. The first-order valence-electron chi connectivity index (χ1n) is 6.16. The highest BCUT2D eigenvalue weighted by Crippen LogP contribution is 2.18. The Labute approximate surface area is 113 Å². The molecule has 1 aromatic rings. The second-order valence-electron chi connectivity index (χ2n) is 4.52. The van der Waals surface area contributed by atoms with Gasteiger partial charge in [0.2, 0.25) is 0 Å². The van der Waals surface area contributed by atoms with Crippen LogP contribution in [0.4, 0.5) is 0 Å². The summed E-state index contributed by atoms with van der Waals surface area (Å²) in [6.45, 7) is 5.46. The lowest BCUT2D eigenvalue weighted by Gasteiger charge is -2.08. The predicted octanol–water partition coefficient (Wildman–Crippen LogP) is 1.52. The Balaban J connectivity index is 2.67. The van der Waals surface area contributed by atoms with Gasteiger partial charge in [-0.1, -0.05) is 12.1 Å². The number of hydrogen-bond acceptors (Lipinski definition) is 4. The average molecular weight is 264 g/mol. The van der Waals surface area contributed by atoms with Crippen LogP contribution in [0.3, 0.4) is 0 Å². The lowest BCUT2D eigenvalue weighted by Crippen LogP contribution is -2.21. The minimum atomic E-state index is -1.03. The number of ether oxygens (including phenoxy) is 1. The molecule has 104 valence electrons. The zero-order valence-electron chi connectivity index (χ0n) is 11.5. The SMILES string of the molecule is Cc1ccc(C=CC(=O)OCC(O)CO)c(C)c1C. The summed E-state index contributed by atoms with van der Waals surface area (Å²) in [4.78, 5) is 11.4. The van der Waals surface area contributed by atoms with Gasteiger partial charge in [-0.3, -0.25) is 0 Å². The summed E-state index contributed by atoms with van der Waals surface area (Å²) in [7, 11) is 0. The van der Waals surface area contributed by atoms with Gasteiger partial charge in [-0.2, -0.15) is 0 Å². The Kier molecular flexibility index (Phi) is 5.73. The summed E-state index contributed by atoms with van der Waals surface area (Å²) >= 11 is 0. The van der Waals surface area contributed by atoms with Gasteiger partial charge in [0.1, 0.15) is 12.7 Å². The monoisotopic (exact) mass is 264 g/mol. The summed E-state index contributed by atoms with van der Waals surface area (Å²) in [5.74, 6) is -0.537. The molecule has 0 aromatic heterocycles. The van der Waals surface area contributed by atoms with Crippen molar-refractivity contribution in [1.82, 2.24) is 0 Å². The Bertz CT molecular complexity index is 477. The number of benzene rings is 1. The fourth-order valence-electron chi connectivity index (χ4n) is 1.59. The zero-order valence-corrected chi connectivity index (χ0v) is 11.5. The summed E-state index contributed by atoms with van der Waals surface area (Å²) in [6.07, 6.45) is 1.98. The molecule has 0 aliphatic heterocycles. The molecule has 0 aliphatic rings. The van der Waals surface area contributed by atoms with Crippen LogP contribution in [-0.4, -0.2) is 35.5 Å². The first-order chi connectivity index (χ1) is 8.95. The summed E-state index contributed by atoms with van der Waals surface area (Å²) < 4.78 is 4.77. The van der Waals surface area contributed by atoms with E-state index in [1.807, 2.05) is 32.9 Å². The van der Waals surface area contributed by atoms with Crippen LogP contribution in [0.15, 0.2) is 18.2 Å². The normalized spacial score (nSPS) is 12.7. The number of aliphatic hydroxyl groups excluding tert-OH is 2. The molecule has 0 fully saturated rings. The summed E-state index contributed by atoms with van der Waals surface area (Å²) in [5.41, 5.74) is 4.50. The van der Waals surface area contributed by atoms with E-state index in [1.54, 1.807) is 6.08 Å². The number of aliphatic hydroxyl groups is 2. The topological polar surface area (TPSA) is 66.8 Å². The molecule has 0 bridgehead atoms. The van der Waals surface area contributed by atoms with E-state index in [9.17, 15) is 4.79 Å². The number of aryl methyl sites for hydroxylation is 1.